The lowest BCUT2D eigenvalue weighted by Crippen LogP contribution is -2.34. The lowest BCUT2D eigenvalue weighted by atomic mass is 10.1. The van der Waals surface area contributed by atoms with Gasteiger partial charge in [0.2, 0.25) is 0 Å². The summed E-state index contributed by atoms with van der Waals surface area (Å²) in [7, 11) is 4.33. The third-order valence-corrected chi connectivity index (χ3v) is 2.92. The summed E-state index contributed by atoms with van der Waals surface area (Å²) in [4.78, 5) is 24.9. The zero-order valence-corrected chi connectivity index (χ0v) is 12.0. The first-order valence-electron chi connectivity index (χ1n) is 6.11. The normalized spacial score (nSPS) is 11.6. The number of rotatable bonds is 5. The van der Waals surface area contributed by atoms with Gasteiger partial charge in [-0.15, -0.1) is 0 Å². The monoisotopic (exact) mass is 281 g/mol. The lowest BCUT2D eigenvalue weighted by Gasteiger charge is -2.20. The van der Waals surface area contributed by atoms with Gasteiger partial charge in [0, 0.05) is 19.2 Å². The van der Waals surface area contributed by atoms with Crippen molar-refractivity contribution in [2.75, 3.05) is 27.8 Å². The molecule has 6 nitrogen and oxygen atoms in total. The lowest BCUT2D eigenvalue weighted by molar-refractivity contribution is -0.145. The molecule has 0 aliphatic heterocycles. The molecule has 0 saturated carbocycles. The van der Waals surface area contributed by atoms with Gasteiger partial charge in [0.05, 0.1) is 20.1 Å². The van der Waals surface area contributed by atoms with Gasteiger partial charge in [0.25, 0.3) is 5.91 Å². The first-order valence-corrected chi connectivity index (χ1v) is 6.11. The molecule has 1 N–H and O–H groups in total. The maximum atomic E-state index is 12.2. The van der Waals surface area contributed by atoms with Crippen LogP contribution in [0.1, 0.15) is 17.3 Å². The fourth-order valence-electron chi connectivity index (χ4n) is 1.81. The van der Waals surface area contributed by atoms with Gasteiger partial charge >= 0.3 is 5.97 Å². The highest BCUT2D eigenvalue weighted by Gasteiger charge is 2.20. The van der Waals surface area contributed by atoms with Gasteiger partial charge in [0.1, 0.15) is 0 Å². The summed E-state index contributed by atoms with van der Waals surface area (Å²) in [6.45, 7) is 1.92. The molecule has 0 heterocycles. The van der Waals surface area contributed by atoms with Gasteiger partial charge < -0.3 is 19.5 Å². The summed E-state index contributed by atoms with van der Waals surface area (Å²) in [6, 6.07) is 4.40. The summed E-state index contributed by atoms with van der Waals surface area (Å²) in [5.74, 6) is -0.887. The molecule has 0 aromatic heterocycles. The molecule has 0 aliphatic rings. The Bertz CT molecular complexity index is 500. The maximum absolute atomic E-state index is 12.2. The highest BCUT2D eigenvalue weighted by molar-refractivity contribution is 5.95. The van der Waals surface area contributed by atoms with E-state index in [2.05, 4.69) is 4.74 Å². The van der Waals surface area contributed by atoms with Gasteiger partial charge in [-0.1, -0.05) is 6.92 Å². The molecule has 1 amide bonds. The van der Waals surface area contributed by atoms with E-state index in [4.69, 9.17) is 4.74 Å². The average Bonchev–Trinajstić information content (AvgIpc) is 2.45. The maximum Gasteiger partial charge on any atom is 0.310 e. The van der Waals surface area contributed by atoms with Crippen LogP contribution in [0.25, 0.3) is 0 Å². The minimum absolute atomic E-state index is 0.104. The van der Waals surface area contributed by atoms with Gasteiger partial charge in [-0.2, -0.15) is 0 Å². The number of carbonyl (C=O) groups is 2. The number of methoxy groups -OCH3 is 2. The molecule has 1 rings (SSSR count). The second-order valence-electron chi connectivity index (χ2n) is 4.50. The Balaban J connectivity index is 2.79. The number of carbonyl (C=O) groups excluding carboxylic acids is 2. The first kappa shape index (κ1) is 15.8. The molecule has 1 aromatic carbocycles. The average molecular weight is 281 g/mol. The quantitative estimate of drug-likeness (QED) is 0.823. The van der Waals surface area contributed by atoms with E-state index < -0.39 is 5.92 Å². The zero-order valence-electron chi connectivity index (χ0n) is 12.0. The van der Waals surface area contributed by atoms with Crippen LogP contribution in [0, 0.1) is 5.92 Å². The van der Waals surface area contributed by atoms with Crippen molar-refractivity contribution in [2.24, 2.45) is 5.92 Å². The predicted molar refractivity (Wildman–Crippen MR) is 72.8 cm³/mol. The third kappa shape index (κ3) is 3.63. The molecule has 0 spiro atoms. The summed E-state index contributed by atoms with van der Waals surface area (Å²) >= 11 is 0. The van der Waals surface area contributed by atoms with Crippen LogP contribution in [-0.4, -0.2) is 49.7 Å². The van der Waals surface area contributed by atoms with Crippen LogP contribution in [0.3, 0.4) is 0 Å². The molecule has 6 heteroatoms. The fourth-order valence-corrected chi connectivity index (χ4v) is 1.81. The minimum atomic E-state index is -0.416. The number of phenols is 1. The van der Waals surface area contributed by atoms with E-state index in [-0.39, 0.29) is 24.2 Å². The summed E-state index contributed by atoms with van der Waals surface area (Å²) in [5.41, 5.74) is 0.322. The number of hydrogen-bond donors (Lipinski definition) is 1. The van der Waals surface area contributed by atoms with Crippen molar-refractivity contribution >= 4 is 11.9 Å². The van der Waals surface area contributed by atoms with Crippen LogP contribution in [0.2, 0.25) is 0 Å². The predicted octanol–water partition coefficient (Wildman–Crippen LogP) is 1.28. The number of esters is 1. The van der Waals surface area contributed by atoms with Crippen molar-refractivity contribution in [3.8, 4) is 11.5 Å². The van der Waals surface area contributed by atoms with Crippen molar-refractivity contribution in [3.63, 3.8) is 0 Å². The topological polar surface area (TPSA) is 76.1 Å². The molecule has 0 saturated heterocycles. The molecule has 0 aliphatic carbocycles. The minimum Gasteiger partial charge on any atom is -0.504 e. The highest BCUT2D eigenvalue weighted by atomic mass is 16.5. The van der Waals surface area contributed by atoms with Crippen LogP contribution in [0.15, 0.2) is 18.2 Å². The van der Waals surface area contributed by atoms with Gasteiger partial charge in [-0.3, -0.25) is 9.59 Å². The Morgan fingerprint density at radius 3 is 2.50 bits per heavy atom. The van der Waals surface area contributed by atoms with E-state index in [1.165, 1.54) is 31.3 Å². The Labute approximate surface area is 117 Å². The van der Waals surface area contributed by atoms with Crippen LogP contribution in [-0.2, 0) is 9.53 Å². The Morgan fingerprint density at radius 2 is 2.00 bits per heavy atom. The Hall–Kier alpha value is -2.24. The van der Waals surface area contributed by atoms with E-state index >= 15 is 0 Å². The number of benzene rings is 1. The highest BCUT2D eigenvalue weighted by Crippen LogP contribution is 2.26. The van der Waals surface area contributed by atoms with Crippen molar-refractivity contribution in [2.45, 2.75) is 6.92 Å². The second kappa shape index (κ2) is 6.79. The Kier molecular flexibility index (Phi) is 5.37. The van der Waals surface area contributed by atoms with Crippen molar-refractivity contribution in [1.82, 2.24) is 4.90 Å². The second-order valence-corrected chi connectivity index (χ2v) is 4.50. The summed E-state index contributed by atoms with van der Waals surface area (Å²) < 4.78 is 9.53. The molecular formula is C14H19NO5. The van der Waals surface area contributed by atoms with Gasteiger partial charge in [0.15, 0.2) is 11.5 Å². The molecule has 110 valence electrons. The van der Waals surface area contributed by atoms with Crippen molar-refractivity contribution < 1.29 is 24.2 Å². The van der Waals surface area contributed by atoms with Crippen LogP contribution < -0.4 is 4.74 Å². The molecule has 0 radical (unpaired) electrons. The molecule has 0 fully saturated rings. The number of hydrogen-bond acceptors (Lipinski definition) is 5. The first-order chi connectivity index (χ1) is 9.40. The number of phenolic OH excluding ortho intramolecular Hbond substituents is 1. The summed E-state index contributed by atoms with van der Waals surface area (Å²) in [6.07, 6.45) is 0. The number of amides is 1. The molecule has 1 unspecified atom stereocenters. The van der Waals surface area contributed by atoms with Gasteiger partial charge in [-0.05, 0) is 18.2 Å². The van der Waals surface area contributed by atoms with Crippen LogP contribution in [0.4, 0.5) is 0 Å². The molecular weight excluding hydrogens is 262 g/mol. The van der Waals surface area contributed by atoms with E-state index in [1.807, 2.05) is 0 Å². The van der Waals surface area contributed by atoms with Gasteiger partial charge in [-0.25, -0.2) is 0 Å². The number of aromatic hydroxyl groups is 1. The van der Waals surface area contributed by atoms with E-state index in [0.717, 1.165) is 0 Å². The standard InChI is InChI=1S/C14H19NO5/c1-9(14(18)20-4)8-15(2)13(17)10-5-6-12(19-3)11(16)7-10/h5-7,9,16H,8H2,1-4H3. The van der Waals surface area contributed by atoms with E-state index in [9.17, 15) is 14.7 Å². The zero-order chi connectivity index (χ0) is 15.3. The van der Waals surface area contributed by atoms with Crippen LogP contribution >= 0.6 is 0 Å². The summed E-state index contributed by atoms with van der Waals surface area (Å²) in [5, 5.41) is 9.66. The Morgan fingerprint density at radius 1 is 1.35 bits per heavy atom. The molecule has 1 aromatic rings. The number of nitrogens with zero attached hydrogens (tertiary/aromatic N) is 1. The molecule has 20 heavy (non-hydrogen) atoms. The third-order valence-electron chi connectivity index (χ3n) is 2.92. The fraction of sp³-hybridized carbons (Fsp3) is 0.429. The number of ether oxygens (including phenoxy) is 2. The molecule has 1 atom stereocenters. The van der Waals surface area contributed by atoms with Crippen LogP contribution in [0.5, 0.6) is 11.5 Å². The largest absolute Gasteiger partial charge is 0.504 e. The van der Waals surface area contributed by atoms with E-state index in [0.29, 0.717) is 11.3 Å². The smallest absolute Gasteiger partial charge is 0.310 e. The van der Waals surface area contributed by atoms with E-state index in [1.54, 1.807) is 20.0 Å². The van der Waals surface area contributed by atoms with Crippen molar-refractivity contribution in [1.29, 1.82) is 0 Å². The SMILES string of the molecule is COC(=O)C(C)CN(C)C(=O)c1ccc(OC)c(O)c1. The molecule has 0 bridgehead atoms. The van der Waals surface area contributed by atoms with Crippen molar-refractivity contribution in [3.05, 3.63) is 23.8 Å².